The van der Waals surface area contributed by atoms with Crippen molar-refractivity contribution in [2.24, 2.45) is 5.10 Å². The van der Waals surface area contributed by atoms with E-state index in [9.17, 15) is 9.59 Å². The third kappa shape index (κ3) is 6.21. The van der Waals surface area contributed by atoms with Gasteiger partial charge in [0.25, 0.3) is 5.91 Å². The summed E-state index contributed by atoms with van der Waals surface area (Å²) in [6.07, 6.45) is 1.44. The maximum atomic E-state index is 11.7. The predicted molar refractivity (Wildman–Crippen MR) is 99.7 cm³/mol. The van der Waals surface area contributed by atoms with Crippen LogP contribution in [0.5, 0.6) is 17.2 Å². The lowest BCUT2D eigenvalue weighted by Gasteiger charge is -2.08. The first kappa shape index (κ1) is 19.5. The minimum atomic E-state index is -0.442. The molecule has 0 heterocycles. The van der Waals surface area contributed by atoms with E-state index < -0.39 is 11.9 Å². The van der Waals surface area contributed by atoms with Crippen molar-refractivity contribution >= 4 is 34.0 Å². The van der Waals surface area contributed by atoms with Crippen LogP contribution in [0.1, 0.15) is 12.5 Å². The third-order valence-electron chi connectivity index (χ3n) is 3.03. The van der Waals surface area contributed by atoms with Crippen molar-refractivity contribution in [1.82, 2.24) is 5.43 Å². The normalized spacial score (nSPS) is 10.4. The number of methoxy groups -OCH3 is 1. The van der Waals surface area contributed by atoms with Crippen LogP contribution in [0.4, 0.5) is 0 Å². The largest absolute Gasteiger partial charge is 0.493 e. The van der Waals surface area contributed by atoms with Crippen molar-refractivity contribution in [3.8, 4) is 17.2 Å². The van der Waals surface area contributed by atoms with E-state index in [-0.39, 0.29) is 6.61 Å². The van der Waals surface area contributed by atoms with Gasteiger partial charge in [0.05, 0.1) is 13.3 Å². The molecule has 1 amide bonds. The molecule has 0 aliphatic heterocycles. The Hall–Kier alpha value is -2.87. The fraction of sp³-hybridized carbons (Fsp3) is 0.167. The van der Waals surface area contributed by atoms with Crippen LogP contribution in [0.2, 0.25) is 0 Å². The van der Waals surface area contributed by atoms with Gasteiger partial charge in [-0.25, -0.2) is 5.43 Å². The second-order valence-electron chi connectivity index (χ2n) is 5.04. The van der Waals surface area contributed by atoms with E-state index in [4.69, 9.17) is 14.2 Å². The van der Waals surface area contributed by atoms with E-state index in [1.165, 1.54) is 20.2 Å². The quantitative estimate of drug-likeness (QED) is 0.322. The Morgan fingerprint density at radius 2 is 1.88 bits per heavy atom. The lowest BCUT2D eigenvalue weighted by Crippen LogP contribution is -2.24. The van der Waals surface area contributed by atoms with Crippen molar-refractivity contribution in [3.63, 3.8) is 0 Å². The molecule has 0 bridgehead atoms. The summed E-state index contributed by atoms with van der Waals surface area (Å²) in [6.45, 7) is 1.15. The fourth-order valence-electron chi connectivity index (χ4n) is 1.89. The number of rotatable bonds is 7. The van der Waals surface area contributed by atoms with Gasteiger partial charge in [0.2, 0.25) is 0 Å². The summed E-state index contributed by atoms with van der Waals surface area (Å²) in [5.74, 6) is 0.437. The molecular weight excluding hydrogens is 404 g/mol. The molecule has 2 aromatic rings. The molecule has 0 saturated heterocycles. The highest BCUT2D eigenvalue weighted by Crippen LogP contribution is 2.27. The molecule has 136 valence electrons. The van der Waals surface area contributed by atoms with E-state index in [0.29, 0.717) is 22.8 Å². The molecule has 2 aromatic carbocycles. The maximum absolute atomic E-state index is 11.7. The molecule has 0 fully saturated rings. The van der Waals surface area contributed by atoms with Gasteiger partial charge in [0.1, 0.15) is 5.75 Å². The summed E-state index contributed by atoms with van der Waals surface area (Å²) in [5.41, 5.74) is 3.03. The first-order valence-corrected chi connectivity index (χ1v) is 8.34. The topological polar surface area (TPSA) is 86.2 Å². The number of hydrogen-bond donors (Lipinski definition) is 1. The van der Waals surface area contributed by atoms with Crippen LogP contribution in [-0.2, 0) is 9.59 Å². The Morgan fingerprint density at radius 3 is 2.54 bits per heavy atom. The van der Waals surface area contributed by atoms with Crippen LogP contribution in [0.3, 0.4) is 0 Å². The number of hydrogen-bond acceptors (Lipinski definition) is 6. The lowest BCUT2D eigenvalue weighted by atomic mass is 10.2. The molecule has 0 atom stereocenters. The lowest BCUT2D eigenvalue weighted by molar-refractivity contribution is -0.132. The van der Waals surface area contributed by atoms with Crippen molar-refractivity contribution in [2.45, 2.75) is 6.92 Å². The zero-order valence-electron chi connectivity index (χ0n) is 14.2. The molecule has 7 nitrogen and oxygen atoms in total. The van der Waals surface area contributed by atoms with Gasteiger partial charge < -0.3 is 14.2 Å². The number of esters is 1. The number of carbonyl (C=O) groups excluding carboxylic acids is 2. The maximum Gasteiger partial charge on any atom is 0.308 e. The van der Waals surface area contributed by atoms with Crippen LogP contribution < -0.4 is 19.6 Å². The van der Waals surface area contributed by atoms with Crippen molar-refractivity contribution in [3.05, 3.63) is 52.5 Å². The van der Waals surface area contributed by atoms with E-state index >= 15 is 0 Å². The molecular formula is C18H17BrN2O5. The minimum absolute atomic E-state index is 0.159. The molecule has 0 radical (unpaired) electrons. The third-order valence-corrected chi connectivity index (χ3v) is 3.56. The van der Waals surface area contributed by atoms with Gasteiger partial charge in [-0.05, 0) is 48.0 Å². The monoisotopic (exact) mass is 420 g/mol. The predicted octanol–water partition coefficient (Wildman–Crippen LogP) is 2.91. The number of nitrogens with zero attached hydrogens (tertiary/aromatic N) is 1. The van der Waals surface area contributed by atoms with Crippen LogP contribution in [0, 0.1) is 0 Å². The van der Waals surface area contributed by atoms with Gasteiger partial charge in [-0.15, -0.1) is 0 Å². The molecule has 0 aromatic heterocycles. The summed E-state index contributed by atoms with van der Waals surface area (Å²) in [6, 6.07) is 12.0. The Morgan fingerprint density at radius 1 is 1.15 bits per heavy atom. The average molecular weight is 421 g/mol. The van der Waals surface area contributed by atoms with Crippen molar-refractivity contribution in [2.75, 3.05) is 13.7 Å². The molecule has 1 N–H and O–H groups in total. The number of amides is 1. The van der Waals surface area contributed by atoms with Gasteiger partial charge >= 0.3 is 5.97 Å². The molecule has 26 heavy (non-hydrogen) atoms. The molecule has 8 heteroatoms. The Balaban J connectivity index is 1.87. The fourth-order valence-corrected chi connectivity index (χ4v) is 2.16. The smallest absolute Gasteiger partial charge is 0.308 e. The van der Waals surface area contributed by atoms with E-state index in [0.717, 1.165) is 4.47 Å². The van der Waals surface area contributed by atoms with Crippen LogP contribution in [-0.4, -0.2) is 31.8 Å². The van der Waals surface area contributed by atoms with Gasteiger partial charge in [0, 0.05) is 11.4 Å². The summed E-state index contributed by atoms with van der Waals surface area (Å²) < 4.78 is 16.4. The Kier molecular flexibility index (Phi) is 7.16. The van der Waals surface area contributed by atoms with Crippen molar-refractivity contribution in [1.29, 1.82) is 0 Å². The number of benzene rings is 2. The zero-order valence-corrected chi connectivity index (χ0v) is 15.8. The molecule has 0 saturated carbocycles. The molecule has 0 unspecified atom stereocenters. The molecule has 2 rings (SSSR count). The number of hydrazone groups is 1. The second-order valence-corrected chi connectivity index (χ2v) is 5.96. The van der Waals surface area contributed by atoms with Crippen molar-refractivity contribution < 1.29 is 23.8 Å². The first-order chi connectivity index (χ1) is 12.5. The van der Waals surface area contributed by atoms with E-state index in [1.54, 1.807) is 30.3 Å². The second kappa shape index (κ2) is 9.57. The number of nitrogens with one attached hydrogen (secondary N) is 1. The highest BCUT2D eigenvalue weighted by Gasteiger charge is 2.07. The number of halogens is 1. The van der Waals surface area contributed by atoms with Gasteiger partial charge in [-0.2, -0.15) is 5.10 Å². The minimum Gasteiger partial charge on any atom is -0.493 e. The van der Waals surface area contributed by atoms with Crippen LogP contribution in [0.25, 0.3) is 0 Å². The zero-order chi connectivity index (χ0) is 18.9. The SMILES string of the molecule is COc1cc(C=NNC(=O)COc2ccc(Br)cc2)ccc1OC(C)=O. The highest BCUT2D eigenvalue weighted by atomic mass is 79.9. The van der Waals surface area contributed by atoms with E-state index in [2.05, 4.69) is 26.5 Å². The summed E-state index contributed by atoms with van der Waals surface area (Å²) in [5, 5.41) is 3.86. The molecule has 0 aliphatic carbocycles. The van der Waals surface area contributed by atoms with E-state index in [1.807, 2.05) is 12.1 Å². The van der Waals surface area contributed by atoms with Gasteiger partial charge in [0.15, 0.2) is 18.1 Å². The number of carbonyl (C=O) groups is 2. The average Bonchev–Trinajstić information content (AvgIpc) is 2.62. The Labute approximate surface area is 159 Å². The summed E-state index contributed by atoms with van der Waals surface area (Å²) >= 11 is 3.32. The Bertz CT molecular complexity index is 806. The van der Waals surface area contributed by atoms with Gasteiger partial charge in [-0.1, -0.05) is 15.9 Å². The van der Waals surface area contributed by atoms with Crippen LogP contribution >= 0.6 is 15.9 Å². The van der Waals surface area contributed by atoms with Gasteiger partial charge in [-0.3, -0.25) is 9.59 Å². The molecule has 0 aliphatic rings. The summed E-state index contributed by atoms with van der Waals surface area (Å²) in [4.78, 5) is 22.8. The first-order valence-electron chi connectivity index (χ1n) is 7.54. The van der Waals surface area contributed by atoms with Crippen LogP contribution in [0.15, 0.2) is 52.0 Å². The summed E-state index contributed by atoms with van der Waals surface area (Å²) in [7, 11) is 1.46. The number of ether oxygens (including phenoxy) is 3. The molecule has 0 spiro atoms. The highest BCUT2D eigenvalue weighted by molar-refractivity contribution is 9.10. The standard InChI is InChI=1S/C18H17BrN2O5/c1-12(22)26-16-8-3-13(9-17(16)24-2)10-20-21-18(23)11-25-15-6-4-14(19)5-7-15/h3-10H,11H2,1-2H3,(H,21,23).